The normalized spacial score (nSPS) is 9.29. The predicted octanol–water partition coefficient (Wildman–Crippen LogP) is 2.60. The summed E-state index contributed by atoms with van der Waals surface area (Å²) < 4.78 is 5.12. The van der Waals surface area contributed by atoms with Crippen LogP contribution < -0.4 is 0 Å². The standard InChI is InChI=1S/C9H5ClINO2/c1-14-9(13)7-3-6(10)2-5(4-12)8(7)11/h2-3H,1H3. The predicted molar refractivity (Wildman–Crippen MR) is 60.2 cm³/mol. The van der Waals surface area contributed by atoms with Gasteiger partial charge in [-0.3, -0.25) is 0 Å². The van der Waals surface area contributed by atoms with Crippen LogP contribution in [0.25, 0.3) is 0 Å². The Labute approximate surface area is 99.8 Å². The molecule has 5 heteroatoms. The van der Waals surface area contributed by atoms with Crippen molar-refractivity contribution in [2.45, 2.75) is 0 Å². The van der Waals surface area contributed by atoms with Crippen molar-refractivity contribution in [3.8, 4) is 6.07 Å². The van der Waals surface area contributed by atoms with Gasteiger partial charge in [0.25, 0.3) is 0 Å². The molecular weight excluding hydrogens is 316 g/mol. The first-order chi connectivity index (χ1) is 6.60. The lowest BCUT2D eigenvalue weighted by molar-refractivity contribution is 0.0599. The van der Waals surface area contributed by atoms with Gasteiger partial charge in [-0.2, -0.15) is 5.26 Å². The molecule has 0 aliphatic heterocycles. The number of nitrogens with zero attached hydrogens (tertiary/aromatic N) is 1. The third-order valence-corrected chi connectivity index (χ3v) is 2.94. The molecule has 14 heavy (non-hydrogen) atoms. The summed E-state index contributed by atoms with van der Waals surface area (Å²) in [6.45, 7) is 0. The second-order valence-corrected chi connectivity index (χ2v) is 3.93. The zero-order valence-corrected chi connectivity index (χ0v) is 10.1. The van der Waals surface area contributed by atoms with Crippen LogP contribution in [0.2, 0.25) is 5.02 Å². The summed E-state index contributed by atoms with van der Waals surface area (Å²) >= 11 is 7.65. The Morgan fingerprint density at radius 1 is 1.64 bits per heavy atom. The number of halogens is 2. The van der Waals surface area contributed by atoms with Crippen LogP contribution >= 0.6 is 34.2 Å². The fourth-order valence-corrected chi connectivity index (χ4v) is 1.80. The molecule has 0 radical (unpaired) electrons. The molecule has 0 N–H and O–H groups in total. The molecule has 0 aliphatic rings. The quantitative estimate of drug-likeness (QED) is 0.590. The Morgan fingerprint density at radius 2 is 2.29 bits per heavy atom. The average molecular weight is 322 g/mol. The van der Waals surface area contributed by atoms with Gasteiger partial charge in [-0.25, -0.2) is 4.79 Å². The van der Waals surface area contributed by atoms with E-state index in [-0.39, 0.29) is 0 Å². The average Bonchev–Trinajstić information content (AvgIpc) is 2.19. The number of ether oxygens (including phenoxy) is 1. The maximum absolute atomic E-state index is 11.3. The smallest absolute Gasteiger partial charge is 0.339 e. The maximum atomic E-state index is 11.3. The van der Waals surface area contributed by atoms with Crippen molar-refractivity contribution in [2.24, 2.45) is 0 Å². The molecule has 0 amide bonds. The molecule has 0 atom stereocenters. The number of methoxy groups -OCH3 is 1. The Kier molecular flexibility index (Phi) is 3.72. The van der Waals surface area contributed by atoms with E-state index in [4.69, 9.17) is 16.9 Å². The molecule has 0 spiro atoms. The SMILES string of the molecule is COC(=O)c1cc(Cl)cc(C#N)c1I. The number of carbonyl (C=O) groups excluding carboxylic acids is 1. The van der Waals surface area contributed by atoms with E-state index in [1.165, 1.54) is 19.2 Å². The highest BCUT2D eigenvalue weighted by Crippen LogP contribution is 2.22. The van der Waals surface area contributed by atoms with Gasteiger partial charge in [-0.15, -0.1) is 0 Å². The molecule has 0 unspecified atom stereocenters. The molecule has 72 valence electrons. The van der Waals surface area contributed by atoms with Crippen molar-refractivity contribution in [1.29, 1.82) is 5.26 Å². The highest BCUT2D eigenvalue weighted by atomic mass is 127. The van der Waals surface area contributed by atoms with Crippen molar-refractivity contribution < 1.29 is 9.53 Å². The van der Waals surface area contributed by atoms with E-state index < -0.39 is 5.97 Å². The highest BCUT2D eigenvalue weighted by molar-refractivity contribution is 14.1. The van der Waals surface area contributed by atoms with Crippen LogP contribution in [0.5, 0.6) is 0 Å². The topological polar surface area (TPSA) is 50.1 Å². The van der Waals surface area contributed by atoms with Gasteiger partial charge in [0.1, 0.15) is 6.07 Å². The third-order valence-electron chi connectivity index (χ3n) is 1.56. The number of rotatable bonds is 1. The lowest BCUT2D eigenvalue weighted by atomic mass is 10.1. The summed E-state index contributed by atoms with van der Waals surface area (Å²) in [5.41, 5.74) is 0.690. The minimum absolute atomic E-state index is 0.317. The number of esters is 1. The Hall–Kier alpha value is -0.800. The number of benzene rings is 1. The van der Waals surface area contributed by atoms with E-state index in [1.807, 2.05) is 28.7 Å². The molecule has 1 aromatic rings. The van der Waals surface area contributed by atoms with E-state index in [1.54, 1.807) is 0 Å². The lowest BCUT2D eigenvalue weighted by Crippen LogP contribution is -2.05. The minimum Gasteiger partial charge on any atom is -0.465 e. The molecule has 0 aliphatic carbocycles. The number of nitriles is 1. The molecule has 0 heterocycles. The first kappa shape index (κ1) is 11.3. The Bertz CT molecular complexity index is 426. The first-order valence-corrected chi connectivity index (χ1v) is 5.03. The lowest BCUT2D eigenvalue weighted by Gasteiger charge is -2.04. The van der Waals surface area contributed by atoms with Crippen molar-refractivity contribution in [1.82, 2.24) is 0 Å². The van der Waals surface area contributed by atoms with Crippen molar-refractivity contribution >= 4 is 40.2 Å². The molecule has 1 rings (SSSR count). The van der Waals surface area contributed by atoms with Gasteiger partial charge in [-0.1, -0.05) is 11.6 Å². The largest absolute Gasteiger partial charge is 0.465 e. The van der Waals surface area contributed by atoms with Gasteiger partial charge in [0.05, 0.1) is 18.2 Å². The molecule has 0 bridgehead atoms. The van der Waals surface area contributed by atoms with E-state index in [9.17, 15) is 4.79 Å². The summed E-state index contributed by atoms with van der Waals surface area (Å²) in [5, 5.41) is 9.11. The van der Waals surface area contributed by atoms with Gasteiger partial charge >= 0.3 is 5.97 Å². The van der Waals surface area contributed by atoms with Crippen LogP contribution in [0.15, 0.2) is 12.1 Å². The molecule has 0 fully saturated rings. The van der Waals surface area contributed by atoms with Crippen LogP contribution in [-0.4, -0.2) is 13.1 Å². The van der Waals surface area contributed by atoms with Gasteiger partial charge in [-0.05, 0) is 34.7 Å². The third kappa shape index (κ3) is 2.16. The fraction of sp³-hybridized carbons (Fsp3) is 0.111. The molecule has 1 aromatic carbocycles. The highest BCUT2D eigenvalue weighted by Gasteiger charge is 2.14. The molecule has 3 nitrogen and oxygen atoms in total. The number of hydrogen-bond donors (Lipinski definition) is 0. The van der Waals surface area contributed by atoms with E-state index in [2.05, 4.69) is 4.74 Å². The van der Waals surface area contributed by atoms with Crippen LogP contribution in [-0.2, 0) is 4.74 Å². The van der Waals surface area contributed by atoms with Gasteiger partial charge in [0, 0.05) is 8.59 Å². The second-order valence-electron chi connectivity index (χ2n) is 2.42. The summed E-state index contributed by atoms with van der Waals surface area (Å²) in [6, 6.07) is 4.95. The van der Waals surface area contributed by atoms with Gasteiger partial charge in [0.15, 0.2) is 0 Å². The van der Waals surface area contributed by atoms with E-state index >= 15 is 0 Å². The number of carbonyl (C=O) groups is 1. The molecule has 0 aromatic heterocycles. The van der Waals surface area contributed by atoms with Crippen LogP contribution in [0.3, 0.4) is 0 Å². The second kappa shape index (κ2) is 4.62. The first-order valence-electron chi connectivity index (χ1n) is 3.57. The zero-order valence-electron chi connectivity index (χ0n) is 7.17. The fourth-order valence-electron chi connectivity index (χ4n) is 0.929. The van der Waals surface area contributed by atoms with Crippen molar-refractivity contribution in [2.75, 3.05) is 7.11 Å². The minimum atomic E-state index is -0.492. The van der Waals surface area contributed by atoms with Gasteiger partial charge in [0.2, 0.25) is 0 Å². The van der Waals surface area contributed by atoms with Crippen LogP contribution in [0, 0.1) is 14.9 Å². The summed E-state index contributed by atoms with van der Waals surface area (Å²) in [4.78, 5) is 11.3. The Morgan fingerprint density at radius 3 is 2.79 bits per heavy atom. The zero-order chi connectivity index (χ0) is 10.7. The molecule has 0 saturated carbocycles. The van der Waals surface area contributed by atoms with Gasteiger partial charge < -0.3 is 4.74 Å². The van der Waals surface area contributed by atoms with Crippen molar-refractivity contribution in [3.05, 3.63) is 31.9 Å². The number of hydrogen-bond acceptors (Lipinski definition) is 3. The Balaban J connectivity index is 3.38. The van der Waals surface area contributed by atoms with E-state index in [0.717, 1.165) is 0 Å². The maximum Gasteiger partial charge on any atom is 0.339 e. The van der Waals surface area contributed by atoms with Crippen molar-refractivity contribution in [3.63, 3.8) is 0 Å². The molecule has 0 saturated heterocycles. The van der Waals surface area contributed by atoms with E-state index in [0.29, 0.717) is 19.7 Å². The van der Waals surface area contributed by atoms with Crippen LogP contribution in [0.1, 0.15) is 15.9 Å². The summed E-state index contributed by atoms with van der Waals surface area (Å²) in [7, 11) is 1.28. The summed E-state index contributed by atoms with van der Waals surface area (Å²) in [6.07, 6.45) is 0. The summed E-state index contributed by atoms with van der Waals surface area (Å²) in [5.74, 6) is -0.492. The monoisotopic (exact) mass is 321 g/mol. The van der Waals surface area contributed by atoms with Crippen LogP contribution in [0.4, 0.5) is 0 Å². The molecular formula is C9H5ClINO2.